The fourth-order valence-electron chi connectivity index (χ4n) is 7.94. The summed E-state index contributed by atoms with van der Waals surface area (Å²) in [5.41, 5.74) is 1.67. The van der Waals surface area contributed by atoms with Crippen LogP contribution in [0.4, 0.5) is 17.1 Å². The second kappa shape index (κ2) is 12.9. The van der Waals surface area contributed by atoms with Gasteiger partial charge in [0.2, 0.25) is 0 Å². The van der Waals surface area contributed by atoms with E-state index >= 15 is 0 Å². The van der Waals surface area contributed by atoms with E-state index in [0.717, 1.165) is 4.90 Å². The van der Waals surface area contributed by atoms with Crippen LogP contribution in [0.3, 0.4) is 0 Å². The summed E-state index contributed by atoms with van der Waals surface area (Å²) in [5, 5.41) is 3.61. The van der Waals surface area contributed by atoms with Gasteiger partial charge < -0.3 is 18.2 Å². The minimum Gasteiger partial charge on any atom is -0.456 e. The molecule has 0 spiro atoms. The fraction of sp³-hybridized carbons (Fsp3) is 0. The zero-order chi connectivity index (χ0) is 48.6. The lowest BCUT2D eigenvalue weighted by Crippen LogP contribution is -2.09. The molecule has 4 nitrogen and oxygen atoms in total. The number of hydrogen-bond donors (Lipinski definition) is 0. The van der Waals surface area contributed by atoms with E-state index < -0.39 is 89.6 Å². The van der Waals surface area contributed by atoms with E-state index in [-0.39, 0.29) is 16.7 Å². The first kappa shape index (κ1) is 22.7. The highest BCUT2D eigenvalue weighted by Crippen LogP contribution is 2.43. The zero-order valence-corrected chi connectivity index (χ0v) is 30.3. The van der Waals surface area contributed by atoms with Gasteiger partial charge in [-0.2, -0.15) is 0 Å². The molecule has 12 rings (SSSR count). The molecule has 0 saturated heterocycles. The number of anilines is 3. The smallest absolute Gasteiger partial charge is 0.136 e. The lowest BCUT2D eigenvalue weighted by atomic mass is 9.98. The molecule has 0 atom stereocenters. The molecule has 272 valence electrons. The Hall–Kier alpha value is -7.82. The molecule has 4 heteroatoms. The van der Waals surface area contributed by atoms with Crippen LogP contribution >= 0.6 is 0 Å². The van der Waals surface area contributed by atoms with E-state index in [1.54, 1.807) is 91.0 Å². The van der Waals surface area contributed by atoms with Crippen molar-refractivity contribution >= 4 is 82.9 Å². The van der Waals surface area contributed by atoms with Crippen molar-refractivity contribution in [3.8, 4) is 33.4 Å². The fourth-order valence-corrected chi connectivity index (χ4v) is 7.94. The maximum atomic E-state index is 9.73. The molecule has 3 heterocycles. The molecule has 0 unspecified atom stereocenters. The van der Waals surface area contributed by atoms with Gasteiger partial charge in [0.1, 0.15) is 33.5 Å². The summed E-state index contributed by atoms with van der Waals surface area (Å²) < 4.78 is 134. The number of benzene rings is 9. The second-order valence-electron chi connectivity index (χ2n) is 13.8. The Morgan fingerprint density at radius 2 is 0.569 bits per heavy atom. The molecule has 58 heavy (non-hydrogen) atoms. The number of rotatable bonds is 6. The van der Waals surface area contributed by atoms with Crippen LogP contribution in [0.15, 0.2) is 213 Å². The molecule has 0 aliphatic heterocycles. The molecule has 0 radical (unpaired) electrons. The molecule has 3 aromatic heterocycles. The number of fused-ring (bicyclic) bond motifs is 9. The van der Waals surface area contributed by atoms with Crippen molar-refractivity contribution in [2.45, 2.75) is 0 Å². The molecule has 0 N–H and O–H groups in total. The highest BCUT2D eigenvalue weighted by atomic mass is 16.3. The molecular weight excluding hydrogens is 711 g/mol. The molecule has 0 amide bonds. The summed E-state index contributed by atoms with van der Waals surface area (Å²) in [6.07, 6.45) is 0. The number of hydrogen-bond acceptors (Lipinski definition) is 4. The third kappa shape index (κ3) is 5.09. The van der Waals surface area contributed by atoms with Gasteiger partial charge in [0, 0.05) is 49.4 Å². The number of para-hydroxylation sites is 3. The first-order valence-electron chi connectivity index (χ1n) is 24.6. The van der Waals surface area contributed by atoms with Crippen LogP contribution in [0, 0.1) is 0 Å². The molecule has 0 bridgehead atoms. The summed E-state index contributed by atoms with van der Waals surface area (Å²) in [6, 6.07) is 29.1. The molecule has 0 fully saturated rings. The van der Waals surface area contributed by atoms with Gasteiger partial charge in [0.25, 0.3) is 0 Å². The summed E-state index contributed by atoms with van der Waals surface area (Å²) in [4.78, 5) is 0.828. The Bertz CT molecular complexity index is 3730. The van der Waals surface area contributed by atoms with Crippen LogP contribution in [0.25, 0.3) is 99.2 Å². The van der Waals surface area contributed by atoms with E-state index in [2.05, 4.69) is 0 Å². The number of furan rings is 3. The average molecular weight is 756 g/mol. The van der Waals surface area contributed by atoms with Crippen molar-refractivity contribution in [1.29, 1.82) is 0 Å². The normalized spacial score (nSPS) is 14.7. The summed E-state index contributed by atoms with van der Waals surface area (Å²) in [7, 11) is 0. The third-order valence-corrected chi connectivity index (χ3v) is 10.5. The van der Waals surface area contributed by atoms with Gasteiger partial charge >= 0.3 is 0 Å². The Labute approximate surface area is 350 Å². The van der Waals surface area contributed by atoms with E-state index in [1.165, 1.54) is 0 Å². The van der Waals surface area contributed by atoms with Gasteiger partial charge in [0.05, 0.1) is 16.4 Å². The van der Waals surface area contributed by atoms with Gasteiger partial charge in [-0.3, -0.25) is 0 Å². The van der Waals surface area contributed by atoms with Crippen LogP contribution in [-0.2, 0) is 0 Å². The topological polar surface area (TPSA) is 42.7 Å². The Kier molecular flexibility index (Phi) is 5.03. The first-order valence-corrected chi connectivity index (χ1v) is 18.6. The van der Waals surface area contributed by atoms with Crippen molar-refractivity contribution in [1.82, 2.24) is 0 Å². The van der Waals surface area contributed by atoms with Crippen LogP contribution in [-0.4, -0.2) is 0 Å². The predicted molar refractivity (Wildman–Crippen MR) is 239 cm³/mol. The zero-order valence-electron chi connectivity index (χ0n) is 42.3. The van der Waals surface area contributed by atoms with Crippen molar-refractivity contribution in [2.24, 2.45) is 0 Å². The van der Waals surface area contributed by atoms with E-state index in [4.69, 9.17) is 13.3 Å². The third-order valence-electron chi connectivity index (χ3n) is 10.5. The molecule has 9 aromatic carbocycles. The quantitative estimate of drug-likeness (QED) is 0.169. The first-order chi connectivity index (χ1) is 33.8. The molecule has 0 saturated carbocycles. The summed E-state index contributed by atoms with van der Waals surface area (Å²) >= 11 is 0. The maximum Gasteiger partial charge on any atom is 0.136 e. The SMILES string of the molecule is [2H]c1c([2H])c(N(c2c([2H])c([2H])c(-c3cccc4oc5ccccc5c34)c([2H])c2[2H])c2c([2H])c([2H])c(-c3cccc4oc5ccccc5c34)c([2H])c2[2H])c([2H])c([2H])c1-c1cccc2oc3ccccc3c12. The molecule has 0 aliphatic carbocycles. The summed E-state index contributed by atoms with van der Waals surface area (Å²) in [5.74, 6) is 0. The standard InChI is InChI=1S/C54H33NO3/c1-4-16-46-43(10-1)52-40(13-7-19-49(52)56-46)34-22-28-37(29-23-34)55(38-30-24-35(25-31-38)41-14-8-20-50-53(41)44-11-2-5-17-47(44)57-50)39-32-26-36(27-33-39)42-15-9-21-51-54(42)45-12-3-6-18-48(45)58-51/h1-33H/i22D,23D,24D,25D,26D,27D,28D,29D,30D,31D,32D,33D. The molecule has 12 aromatic rings. The van der Waals surface area contributed by atoms with Crippen LogP contribution in [0.5, 0.6) is 0 Å². The summed E-state index contributed by atoms with van der Waals surface area (Å²) in [6.45, 7) is 0. The average Bonchev–Trinajstić information content (AvgIpc) is 4.07. The van der Waals surface area contributed by atoms with Crippen LogP contribution in [0.1, 0.15) is 16.4 Å². The highest BCUT2D eigenvalue weighted by molar-refractivity contribution is 6.14. The lowest BCUT2D eigenvalue weighted by Gasteiger charge is -2.26. The number of nitrogens with zero attached hydrogens (tertiary/aromatic N) is 1. The van der Waals surface area contributed by atoms with Gasteiger partial charge in [-0.15, -0.1) is 0 Å². The monoisotopic (exact) mass is 755 g/mol. The van der Waals surface area contributed by atoms with Gasteiger partial charge in [0.15, 0.2) is 0 Å². The van der Waals surface area contributed by atoms with Crippen LogP contribution < -0.4 is 4.90 Å². The van der Waals surface area contributed by atoms with Gasteiger partial charge in [-0.05, 0) is 106 Å². The van der Waals surface area contributed by atoms with Crippen molar-refractivity contribution in [3.63, 3.8) is 0 Å². The van der Waals surface area contributed by atoms with E-state index in [1.807, 2.05) is 36.4 Å². The lowest BCUT2D eigenvalue weighted by molar-refractivity contribution is 0.668. The van der Waals surface area contributed by atoms with Crippen molar-refractivity contribution < 1.29 is 29.7 Å². The predicted octanol–water partition coefficient (Wildman–Crippen LogP) is 15.9. The van der Waals surface area contributed by atoms with Crippen molar-refractivity contribution in [3.05, 3.63) is 200 Å². The minimum atomic E-state index is -0.716. The minimum absolute atomic E-state index is 0.110. The van der Waals surface area contributed by atoms with E-state index in [9.17, 15) is 16.4 Å². The van der Waals surface area contributed by atoms with Crippen LogP contribution in [0.2, 0.25) is 0 Å². The highest BCUT2D eigenvalue weighted by Gasteiger charge is 2.18. The second-order valence-corrected chi connectivity index (χ2v) is 13.8. The van der Waals surface area contributed by atoms with Gasteiger partial charge in [-0.25, -0.2) is 0 Å². The van der Waals surface area contributed by atoms with Crippen molar-refractivity contribution in [2.75, 3.05) is 4.90 Å². The molecular formula is C54H33NO3. The Morgan fingerprint density at radius 3 is 0.879 bits per heavy atom. The van der Waals surface area contributed by atoms with E-state index in [0.29, 0.717) is 82.5 Å². The van der Waals surface area contributed by atoms with Gasteiger partial charge in [-0.1, -0.05) is 127 Å². The Morgan fingerprint density at radius 1 is 0.293 bits per heavy atom. The molecule has 0 aliphatic rings. The maximum absolute atomic E-state index is 9.73. The Balaban J connectivity index is 1.16. The largest absolute Gasteiger partial charge is 0.456 e.